The second-order valence-corrected chi connectivity index (χ2v) is 8.65. The number of ether oxygens (including phenoxy) is 1. The summed E-state index contributed by atoms with van der Waals surface area (Å²) in [7, 11) is 2.00. The maximum atomic E-state index is 5.88. The molecule has 3 aromatic rings. The average Bonchev–Trinajstić information content (AvgIpc) is 3.60. The van der Waals surface area contributed by atoms with Gasteiger partial charge >= 0.3 is 0 Å². The minimum atomic E-state index is 0.756. The number of piperazine rings is 1. The summed E-state index contributed by atoms with van der Waals surface area (Å²) in [6.45, 7) is 7.78. The van der Waals surface area contributed by atoms with E-state index in [1.165, 1.54) is 24.1 Å². The van der Waals surface area contributed by atoms with Crippen LogP contribution in [0.25, 0.3) is 11.3 Å². The maximum Gasteiger partial charge on any atom is 0.155 e. The summed E-state index contributed by atoms with van der Waals surface area (Å²) in [5.74, 6) is 2.65. The first-order valence-corrected chi connectivity index (χ1v) is 11.2. The van der Waals surface area contributed by atoms with Crippen molar-refractivity contribution in [3.8, 4) is 17.0 Å². The van der Waals surface area contributed by atoms with Crippen LogP contribution in [0.5, 0.6) is 5.75 Å². The van der Waals surface area contributed by atoms with E-state index < -0.39 is 0 Å². The molecule has 31 heavy (non-hydrogen) atoms. The van der Waals surface area contributed by atoms with Crippen LogP contribution >= 0.6 is 0 Å². The van der Waals surface area contributed by atoms with E-state index in [0.29, 0.717) is 0 Å². The molecule has 2 aliphatic rings. The van der Waals surface area contributed by atoms with Crippen molar-refractivity contribution < 1.29 is 4.74 Å². The normalized spacial score (nSPS) is 17.2. The second-order valence-electron chi connectivity index (χ2n) is 8.65. The molecule has 162 valence electrons. The standard InChI is InChI=1S/C24H30N6O/c1-18-21(15-27-28(18)2)16-29-11-13-30(14-12-29)24-23(25-9-10-26-24)20-5-7-22(8-6-20)31-17-19-3-4-19/h5-10,15,19H,3-4,11-14,16-17H2,1-2H3. The lowest BCUT2D eigenvalue weighted by molar-refractivity contribution is 0.249. The quantitative estimate of drug-likeness (QED) is 0.587. The Labute approximate surface area is 183 Å². The lowest BCUT2D eigenvalue weighted by atomic mass is 10.1. The topological polar surface area (TPSA) is 59.3 Å². The van der Waals surface area contributed by atoms with Crippen molar-refractivity contribution in [1.29, 1.82) is 0 Å². The van der Waals surface area contributed by atoms with Crippen LogP contribution < -0.4 is 9.64 Å². The number of aromatic nitrogens is 4. The fourth-order valence-corrected chi connectivity index (χ4v) is 4.03. The first kappa shape index (κ1) is 20.0. The summed E-state index contributed by atoms with van der Waals surface area (Å²) in [5, 5.41) is 4.37. The molecule has 7 heteroatoms. The zero-order valence-corrected chi connectivity index (χ0v) is 18.4. The minimum absolute atomic E-state index is 0.756. The van der Waals surface area contributed by atoms with Gasteiger partial charge in [-0.2, -0.15) is 5.10 Å². The Hall–Kier alpha value is -2.93. The van der Waals surface area contributed by atoms with E-state index >= 15 is 0 Å². The molecule has 2 fully saturated rings. The number of hydrogen-bond donors (Lipinski definition) is 0. The Bertz CT molecular complexity index is 1020. The molecule has 0 amide bonds. The van der Waals surface area contributed by atoms with E-state index in [1.807, 2.05) is 30.1 Å². The van der Waals surface area contributed by atoms with Gasteiger partial charge in [-0.1, -0.05) is 0 Å². The van der Waals surface area contributed by atoms with Crippen molar-refractivity contribution in [2.45, 2.75) is 26.3 Å². The third kappa shape index (κ3) is 4.56. The number of aryl methyl sites for hydroxylation is 1. The van der Waals surface area contributed by atoms with Crippen molar-refractivity contribution in [3.05, 3.63) is 54.1 Å². The van der Waals surface area contributed by atoms with Crippen LogP contribution in [0.1, 0.15) is 24.1 Å². The maximum absolute atomic E-state index is 5.88. The van der Waals surface area contributed by atoms with Crippen molar-refractivity contribution in [2.24, 2.45) is 13.0 Å². The monoisotopic (exact) mass is 418 g/mol. The SMILES string of the molecule is Cc1c(CN2CCN(c3nccnc3-c3ccc(OCC4CC4)cc3)CC2)cnn1C. The predicted molar refractivity (Wildman–Crippen MR) is 121 cm³/mol. The van der Waals surface area contributed by atoms with Gasteiger partial charge in [0.15, 0.2) is 5.82 Å². The minimum Gasteiger partial charge on any atom is -0.493 e. The molecule has 0 radical (unpaired) electrons. The number of anilines is 1. The Morgan fingerprint density at radius 1 is 1.00 bits per heavy atom. The van der Waals surface area contributed by atoms with Crippen molar-refractivity contribution in [2.75, 3.05) is 37.7 Å². The molecule has 0 unspecified atom stereocenters. The van der Waals surface area contributed by atoms with Gasteiger partial charge in [-0.05, 0) is 49.9 Å². The third-order valence-electron chi connectivity index (χ3n) is 6.39. The van der Waals surface area contributed by atoms with Crippen LogP contribution in [-0.2, 0) is 13.6 Å². The third-order valence-corrected chi connectivity index (χ3v) is 6.39. The van der Waals surface area contributed by atoms with Crippen LogP contribution in [0.2, 0.25) is 0 Å². The molecule has 0 N–H and O–H groups in total. The molecule has 2 aromatic heterocycles. The van der Waals surface area contributed by atoms with E-state index in [0.717, 1.165) is 68.1 Å². The molecule has 1 aliphatic heterocycles. The Kier molecular flexibility index (Phi) is 5.59. The van der Waals surface area contributed by atoms with Crippen LogP contribution in [0.3, 0.4) is 0 Å². The molecule has 0 spiro atoms. The lowest BCUT2D eigenvalue weighted by Crippen LogP contribution is -2.46. The van der Waals surface area contributed by atoms with E-state index in [2.05, 4.69) is 38.9 Å². The van der Waals surface area contributed by atoms with Crippen molar-refractivity contribution in [1.82, 2.24) is 24.6 Å². The highest BCUT2D eigenvalue weighted by atomic mass is 16.5. The van der Waals surface area contributed by atoms with E-state index in [4.69, 9.17) is 9.72 Å². The van der Waals surface area contributed by atoms with Gasteiger partial charge in [-0.25, -0.2) is 4.98 Å². The molecule has 5 rings (SSSR count). The van der Waals surface area contributed by atoms with E-state index in [1.54, 1.807) is 12.4 Å². The van der Waals surface area contributed by atoms with E-state index in [9.17, 15) is 0 Å². The summed E-state index contributed by atoms with van der Waals surface area (Å²) >= 11 is 0. The lowest BCUT2D eigenvalue weighted by Gasteiger charge is -2.35. The van der Waals surface area contributed by atoms with Gasteiger partial charge in [-0.3, -0.25) is 14.6 Å². The molecule has 3 heterocycles. The summed E-state index contributed by atoms with van der Waals surface area (Å²) in [6, 6.07) is 8.28. The average molecular weight is 419 g/mol. The highest BCUT2D eigenvalue weighted by molar-refractivity contribution is 5.72. The fraction of sp³-hybridized carbons (Fsp3) is 0.458. The van der Waals surface area contributed by atoms with Crippen LogP contribution in [0.15, 0.2) is 42.9 Å². The smallest absolute Gasteiger partial charge is 0.155 e. The Balaban J connectivity index is 1.24. The van der Waals surface area contributed by atoms with Crippen LogP contribution in [-0.4, -0.2) is 57.4 Å². The zero-order chi connectivity index (χ0) is 21.2. The number of benzene rings is 1. The molecule has 7 nitrogen and oxygen atoms in total. The first-order chi connectivity index (χ1) is 15.2. The molecule has 1 saturated carbocycles. The molecule has 0 bridgehead atoms. The van der Waals surface area contributed by atoms with Gasteiger partial charge in [0.25, 0.3) is 0 Å². The van der Waals surface area contributed by atoms with Crippen molar-refractivity contribution >= 4 is 5.82 Å². The summed E-state index contributed by atoms with van der Waals surface area (Å²) < 4.78 is 7.82. The van der Waals surface area contributed by atoms with Gasteiger partial charge in [0.1, 0.15) is 11.4 Å². The van der Waals surface area contributed by atoms with Gasteiger partial charge in [0, 0.05) is 69.0 Å². The molecule has 1 saturated heterocycles. The van der Waals surface area contributed by atoms with E-state index in [-0.39, 0.29) is 0 Å². The Morgan fingerprint density at radius 3 is 2.42 bits per heavy atom. The first-order valence-electron chi connectivity index (χ1n) is 11.2. The van der Waals surface area contributed by atoms with Crippen molar-refractivity contribution in [3.63, 3.8) is 0 Å². The molecular weight excluding hydrogens is 388 g/mol. The van der Waals surface area contributed by atoms with Gasteiger partial charge in [0.05, 0.1) is 12.8 Å². The van der Waals surface area contributed by atoms with Gasteiger partial charge in [-0.15, -0.1) is 0 Å². The zero-order valence-electron chi connectivity index (χ0n) is 18.4. The molecule has 0 atom stereocenters. The second kappa shape index (κ2) is 8.67. The summed E-state index contributed by atoms with van der Waals surface area (Å²) in [5.41, 5.74) is 4.56. The highest BCUT2D eigenvalue weighted by Gasteiger charge is 2.23. The summed E-state index contributed by atoms with van der Waals surface area (Å²) in [6.07, 6.45) is 8.15. The summed E-state index contributed by atoms with van der Waals surface area (Å²) in [4.78, 5) is 14.2. The van der Waals surface area contributed by atoms with Crippen LogP contribution in [0, 0.1) is 12.8 Å². The predicted octanol–water partition coefficient (Wildman–Crippen LogP) is 3.30. The van der Waals surface area contributed by atoms with Gasteiger partial charge < -0.3 is 9.64 Å². The van der Waals surface area contributed by atoms with Crippen LogP contribution in [0.4, 0.5) is 5.82 Å². The largest absolute Gasteiger partial charge is 0.493 e. The number of hydrogen-bond acceptors (Lipinski definition) is 6. The number of rotatable bonds is 7. The fourth-order valence-electron chi connectivity index (χ4n) is 4.03. The molecular formula is C24H30N6O. The molecule has 1 aliphatic carbocycles. The Morgan fingerprint density at radius 2 is 1.74 bits per heavy atom. The van der Waals surface area contributed by atoms with Gasteiger partial charge in [0.2, 0.25) is 0 Å². The molecule has 1 aromatic carbocycles. The highest BCUT2D eigenvalue weighted by Crippen LogP contribution is 2.31. The number of nitrogens with zero attached hydrogens (tertiary/aromatic N) is 6.